The van der Waals surface area contributed by atoms with Crippen molar-refractivity contribution in [1.82, 2.24) is 0 Å². The zero-order chi connectivity index (χ0) is 8.10. The van der Waals surface area contributed by atoms with Crippen LogP contribution in [-0.2, 0) is 0 Å². The number of hydrogen-bond acceptors (Lipinski definition) is 2. The Morgan fingerprint density at radius 3 is 3.00 bits per heavy atom. The SMILES string of the molecule is C#CCC(N)C1CCCCS1. The number of terminal acetylenes is 1. The zero-order valence-electron chi connectivity index (χ0n) is 6.75. The standard InChI is InChI=1S/C9H15NS/c1-2-5-8(10)9-6-3-4-7-11-9/h1,8-9H,3-7,10H2. The summed E-state index contributed by atoms with van der Waals surface area (Å²) in [4.78, 5) is 0. The van der Waals surface area contributed by atoms with Gasteiger partial charge in [-0.25, -0.2) is 0 Å². The van der Waals surface area contributed by atoms with Crippen molar-refractivity contribution in [3.63, 3.8) is 0 Å². The summed E-state index contributed by atoms with van der Waals surface area (Å²) in [6.07, 6.45) is 9.87. The average molecular weight is 169 g/mol. The minimum Gasteiger partial charge on any atom is -0.326 e. The summed E-state index contributed by atoms with van der Waals surface area (Å²) in [7, 11) is 0. The molecule has 0 bridgehead atoms. The van der Waals surface area contributed by atoms with E-state index in [2.05, 4.69) is 5.92 Å². The molecule has 0 aliphatic carbocycles. The highest BCUT2D eigenvalue weighted by Gasteiger charge is 2.19. The highest BCUT2D eigenvalue weighted by molar-refractivity contribution is 8.00. The Kier molecular flexibility index (Phi) is 3.82. The van der Waals surface area contributed by atoms with E-state index in [1.807, 2.05) is 11.8 Å². The Labute approximate surface area is 73.1 Å². The molecule has 1 aliphatic heterocycles. The van der Waals surface area contributed by atoms with Gasteiger partial charge in [-0.3, -0.25) is 0 Å². The van der Waals surface area contributed by atoms with E-state index in [0.29, 0.717) is 5.25 Å². The number of rotatable bonds is 2. The van der Waals surface area contributed by atoms with Crippen LogP contribution in [0.1, 0.15) is 25.7 Å². The summed E-state index contributed by atoms with van der Waals surface area (Å²) < 4.78 is 0. The van der Waals surface area contributed by atoms with Gasteiger partial charge < -0.3 is 5.73 Å². The van der Waals surface area contributed by atoms with E-state index in [9.17, 15) is 0 Å². The maximum absolute atomic E-state index is 5.90. The molecule has 11 heavy (non-hydrogen) atoms. The quantitative estimate of drug-likeness (QED) is 0.636. The van der Waals surface area contributed by atoms with Crippen LogP contribution in [0.25, 0.3) is 0 Å². The first-order valence-corrected chi connectivity index (χ1v) is 5.20. The van der Waals surface area contributed by atoms with E-state index in [0.717, 1.165) is 6.42 Å². The first-order valence-electron chi connectivity index (χ1n) is 4.15. The lowest BCUT2D eigenvalue weighted by atomic mass is 10.1. The Hall–Kier alpha value is -0.130. The van der Waals surface area contributed by atoms with Crippen molar-refractivity contribution in [3.05, 3.63) is 0 Å². The summed E-state index contributed by atoms with van der Waals surface area (Å²) in [5.74, 6) is 3.89. The second kappa shape index (κ2) is 4.69. The monoisotopic (exact) mass is 169 g/mol. The summed E-state index contributed by atoms with van der Waals surface area (Å²) in [5.41, 5.74) is 5.90. The Bertz CT molecular complexity index is 144. The molecule has 0 aromatic rings. The molecule has 0 spiro atoms. The molecule has 2 N–H and O–H groups in total. The van der Waals surface area contributed by atoms with Crippen molar-refractivity contribution in [2.24, 2.45) is 5.73 Å². The molecule has 2 heteroatoms. The fourth-order valence-corrected chi connectivity index (χ4v) is 2.72. The van der Waals surface area contributed by atoms with E-state index in [4.69, 9.17) is 12.2 Å². The smallest absolute Gasteiger partial charge is 0.0270 e. The van der Waals surface area contributed by atoms with E-state index in [1.165, 1.54) is 25.0 Å². The Balaban J connectivity index is 2.27. The molecule has 0 aromatic carbocycles. The van der Waals surface area contributed by atoms with Gasteiger partial charge in [0.2, 0.25) is 0 Å². The highest BCUT2D eigenvalue weighted by Crippen LogP contribution is 2.27. The normalized spacial score (nSPS) is 27.5. The average Bonchev–Trinajstić information content (AvgIpc) is 2.07. The molecule has 0 saturated carbocycles. The summed E-state index contributed by atoms with van der Waals surface area (Å²) in [5, 5.41) is 0.625. The largest absolute Gasteiger partial charge is 0.326 e. The van der Waals surface area contributed by atoms with Gasteiger partial charge in [0.1, 0.15) is 0 Å². The first kappa shape index (κ1) is 8.96. The second-order valence-electron chi connectivity index (χ2n) is 2.98. The molecule has 1 nitrogen and oxygen atoms in total. The molecule has 2 atom stereocenters. The van der Waals surface area contributed by atoms with Crippen LogP contribution in [0.3, 0.4) is 0 Å². The molecule has 1 rings (SSSR count). The first-order chi connectivity index (χ1) is 5.34. The second-order valence-corrected chi connectivity index (χ2v) is 4.32. The Morgan fingerprint density at radius 2 is 2.45 bits per heavy atom. The molecule has 0 aromatic heterocycles. The third-order valence-electron chi connectivity index (χ3n) is 2.05. The predicted octanol–water partition coefficient (Wildman–Crippen LogP) is 1.62. The summed E-state index contributed by atoms with van der Waals surface area (Å²) in [6, 6.07) is 0.227. The van der Waals surface area contributed by atoms with Gasteiger partial charge in [0, 0.05) is 17.7 Å². The third-order valence-corrected chi connectivity index (χ3v) is 3.58. The van der Waals surface area contributed by atoms with Crippen molar-refractivity contribution >= 4 is 11.8 Å². The lowest BCUT2D eigenvalue weighted by Gasteiger charge is -2.25. The van der Waals surface area contributed by atoms with E-state index >= 15 is 0 Å². The topological polar surface area (TPSA) is 26.0 Å². The number of nitrogens with two attached hydrogens (primary N) is 1. The van der Waals surface area contributed by atoms with Crippen LogP contribution in [-0.4, -0.2) is 17.0 Å². The lowest BCUT2D eigenvalue weighted by Crippen LogP contribution is -2.33. The van der Waals surface area contributed by atoms with Crippen LogP contribution in [0.2, 0.25) is 0 Å². The van der Waals surface area contributed by atoms with Gasteiger partial charge in [0.25, 0.3) is 0 Å². The van der Waals surface area contributed by atoms with Crippen LogP contribution >= 0.6 is 11.8 Å². The van der Waals surface area contributed by atoms with Crippen molar-refractivity contribution in [1.29, 1.82) is 0 Å². The molecule has 1 saturated heterocycles. The van der Waals surface area contributed by atoms with Gasteiger partial charge in [0.15, 0.2) is 0 Å². The summed E-state index contributed by atoms with van der Waals surface area (Å²) in [6.45, 7) is 0. The fourth-order valence-electron chi connectivity index (χ4n) is 1.37. The number of thioether (sulfide) groups is 1. The molecule has 62 valence electrons. The maximum Gasteiger partial charge on any atom is 0.0270 e. The van der Waals surface area contributed by atoms with Gasteiger partial charge in [0.05, 0.1) is 0 Å². The van der Waals surface area contributed by atoms with Crippen molar-refractivity contribution in [2.45, 2.75) is 37.0 Å². The van der Waals surface area contributed by atoms with E-state index in [-0.39, 0.29) is 6.04 Å². The Morgan fingerprint density at radius 1 is 1.64 bits per heavy atom. The van der Waals surface area contributed by atoms with Gasteiger partial charge in [-0.15, -0.1) is 12.3 Å². The molecule has 1 aliphatic rings. The van der Waals surface area contributed by atoms with E-state index in [1.54, 1.807) is 0 Å². The number of hydrogen-bond donors (Lipinski definition) is 1. The van der Waals surface area contributed by atoms with Crippen molar-refractivity contribution in [3.8, 4) is 12.3 Å². The van der Waals surface area contributed by atoms with Crippen molar-refractivity contribution < 1.29 is 0 Å². The molecular weight excluding hydrogens is 154 g/mol. The molecule has 0 amide bonds. The molecule has 2 unspecified atom stereocenters. The van der Waals surface area contributed by atoms with Crippen LogP contribution < -0.4 is 5.73 Å². The zero-order valence-corrected chi connectivity index (χ0v) is 7.57. The van der Waals surface area contributed by atoms with Crippen LogP contribution in [0.4, 0.5) is 0 Å². The third kappa shape index (κ3) is 2.76. The van der Waals surface area contributed by atoms with Gasteiger partial charge >= 0.3 is 0 Å². The highest BCUT2D eigenvalue weighted by atomic mass is 32.2. The predicted molar refractivity (Wildman–Crippen MR) is 51.5 cm³/mol. The molecule has 1 fully saturated rings. The molecule has 1 heterocycles. The van der Waals surface area contributed by atoms with Crippen LogP contribution in [0, 0.1) is 12.3 Å². The van der Waals surface area contributed by atoms with Gasteiger partial charge in [-0.2, -0.15) is 11.8 Å². The van der Waals surface area contributed by atoms with Crippen LogP contribution in [0.15, 0.2) is 0 Å². The van der Waals surface area contributed by atoms with Gasteiger partial charge in [-0.05, 0) is 18.6 Å². The minimum absolute atomic E-state index is 0.227. The van der Waals surface area contributed by atoms with Crippen LogP contribution in [0.5, 0.6) is 0 Å². The lowest BCUT2D eigenvalue weighted by molar-refractivity contribution is 0.570. The molecular formula is C9H15NS. The van der Waals surface area contributed by atoms with Crippen molar-refractivity contribution in [2.75, 3.05) is 5.75 Å². The van der Waals surface area contributed by atoms with Gasteiger partial charge in [-0.1, -0.05) is 6.42 Å². The molecule has 0 radical (unpaired) electrons. The maximum atomic E-state index is 5.90. The minimum atomic E-state index is 0.227. The summed E-state index contributed by atoms with van der Waals surface area (Å²) >= 11 is 1.99. The van der Waals surface area contributed by atoms with E-state index < -0.39 is 0 Å². The fraction of sp³-hybridized carbons (Fsp3) is 0.778.